The molecule has 2 aliphatic rings. The van der Waals surface area contributed by atoms with Crippen LogP contribution in [-0.2, 0) is 4.79 Å². The van der Waals surface area contributed by atoms with E-state index in [0.717, 1.165) is 18.8 Å². The monoisotopic (exact) mass is 481 g/mol. The highest BCUT2D eigenvalue weighted by molar-refractivity contribution is 6.30. The molecule has 1 aliphatic heterocycles. The van der Waals surface area contributed by atoms with Crippen molar-refractivity contribution in [2.24, 2.45) is 11.8 Å². The van der Waals surface area contributed by atoms with Crippen LogP contribution in [0.3, 0.4) is 0 Å². The number of halogens is 1. The van der Waals surface area contributed by atoms with Crippen molar-refractivity contribution in [3.63, 3.8) is 0 Å². The summed E-state index contributed by atoms with van der Waals surface area (Å²) in [5.74, 6) is 0.604. The number of hydrogen-bond acceptors (Lipinski definition) is 3. The number of piperidine rings is 1. The van der Waals surface area contributed by atoms with Crippen molar-refractivity contribution < 1.29 is 14.4 Å². The van der Waals surface area contributed by atoms with E-state index in [1.165, 1.54) is 12.8 Å². The molecule has 3 amide bonds. The Balaban J connectivity index is 1.25. The highest BCUT2D eigenvalue weighted by Gasteiger charge is 2.29. The maximum absolute atomic E-state index is 12.9. The van der Waals surface area contributed by atoms with Crippen LogP contribution in [0.15, 0.2) is 48.5 Å². The molecule has 7 heteroatoms. The number of anilines is 1. The van der Waals surface area contributed by atoms with Crippen molar-refractivity contribution in [3.05, 3.63) is 64.7 Å². The molecule has 1 saturated carbocycles. The third-order valence-corrected chi connectivity index (χ3v) is 7.26. The molecule has 1 heterocycles. The molecule has 2 aromatic rings. The van der Waals surface area contributed by atoms with Gasteiger partial charge >= 0.3 is 0 Å². The zero-order valence-corrected chi connectivity index (χ0v) is 20.3. The Bertz CT molecular complexity index is 1010. The Morgan fingerprint density at radius 3 is 2.03 bits per heavy atom. The first kappa shape index (κ1) is 24.3. The van der Waals surface area contributed by atoms with E-state index >= 15 is 0 Å². The number of nitrogens with one attached hydrogen (secondary N) is 2. The van der Waals surface area contributed by atoms with Gasteiger partial charge < -0.3 is 15.5 Å². The van der Waals surface area contributed by atoms with Gasteiger partial charge in [-0.25, -0.2) is 0 Å². The van der Waals surface area contributed by atoms with Gasteiger partial charge in [0.1, 0.15) is 0 Å². The van der Waals surface area contributed by atoms with Gasteiger partial charge in [-0.2, -0.15) is 0 Å². The largest absolute Gasteiger partial charge is 0.353 e. The fourth-order valence-corrected chi connectivity index (χ4v) is 4.88. The summed E-state index contributed by atoms with van der Waals surface area (Å²) < 4.78 is 0. The smallest absolute Gasteiger partial charge is 0.255 e. The molecule has 2 aromatic carbocycles. The number of benzene rings is 2. The predicted octanol–water partition coefficient (Wildman–Crippen LogP) is 5.14. The minimum atomic E-state index is -0.237. The Kier molecular flexibility index (Phi) is 7.88. The molecule has 1 aliphatic carbocycles. The van der Waals surface area contributed by atoms with E-state index in [1.807, 2.05) is 4.90 Å². The molecular weight excluding hydrogens is 450 g/mol. The van der Waals surface area contributed by atoms with E-state index in [0.29, 0.717) is 53.8 Å². The normalized spacial score (nSPS) is 21.1. The second-order valence-electron chi connectivity index (χ2n) is 9.57. The number of rotatable bonds is 5. The van der Waals surface area contributed by atoms with Crippen molar-refractivity contribution in [1.29, 1.82) is 0 Å². The van der Waals surface area contributed by atoms with Gasteiger partial charge in [-0.1, -0.05) is 18.5 Å². The first-order valence-corrected chi connectivity index (χ1v) is 12.5. The highest BCUT2D eigenvalue weighted by atomic mass is 35.5. The van der Waals surface area contributed by atoms with Gasteiger partial charge in [-0.3, -0.25) is 14.4 Å². The Morgan fingerprint density at radius 2 is 1.41 bits per heavy atom. The van der Waals surface area contributed by atoms with Crippen LogP contribution in [0.4, 0.5) is 5.69 Å². The molecule has 0 atom stereocenters. The maximum Gasteiger partial charge on any atom is 0.255 e. The molecule has 0 bridgehead atoms. The van der Waals surface area contributed by atoms with Gasteiger partial charge in [0, 0.05) is 46.9 Å². The molecule has 4 rings (SSSR count). The van der Waals surface area contributed by atoms with Gasteiger partial charge in [0.05, 0.1) is 0 Å². The molecule has 1 saturated heterocycles. The quantitative estimate of drug-likeness (QED) is 0.620. The summed E-state index contributed by atoms with van der Waals surface area (Å²) in [6.45, 7) is 3.43. The summed E-state index contributed by atoms with van der Waals surface area (Å²) in [5.41, 5.74) is 1.70. The molecule has 180 valence electrons. The number of hydrogen-bond donors (Lipinski definition) is 2. The highest BCUT2D eigenvalue weighted by Crippen LogP contribution is 2.25. The summed E-state index contributed by atoms with van der Waals surface area (Å²) in [7, 11) is 0. The molecule has 2 N–H and O–H groups in total. The molecular formula is C27H32ClN3O3. The Hall–Kier alpha value is -2.86. The lowest BCUT2D eigenvalue weighted by atomic mass is 9.86. The number of amides is 3. The van der Waals surface area contributed by atoms with Crippen LogP contribution < -0.4 is 10.6 Å². The molecule has 0 radical (unpaired) electrons. The van der Waals surface area contributed by atoms with Crippen LogP contribution in [0, 0.1) is 11.8 Å². The van der Waals surface area contributed by atoms with E-state index in [4.69, 9.17) is 11.6 Å². The summed E-state index contributed by atoms with van der Waals surface area (Å²) >= 11 is 5.87. The second-order valence-corrected chi connectivity index (χ2v) is 10.0. The first-order chi connectivity index (χ1) is 16.4. The average molecular weight is 482 g/mol. The minimum absolute atomic E-state index is 0.0196. The molecule has 6 nitrogen and oxygen atoms in total. The average Bonchev–Trinajstić information content (AvgIpc) is 2.86. The van der Waals surface area contributed by atoms with Crippen molar-refractivity contribution >= 4 is 35.0 Å². The van der Waals surface area contributed by atoms with Crippen LogP contribution in [0.25, 0.3) is 0 Å². The minimum Gasteiger partial charge on any atom is -0.353 e. The lowest BCUT2D eigenvalue weighted by Crippen LogP contribution is -2.46. The van der Waals surface area contributed by atoms with Crippen LogP contribution >= 0.6 is 11.6 Å². The lowest BCUT2D eigenvalue weighted by molar-refractivity contribution is -0.127. The Morgan fingerprint density at radius 1 is 0.824 bits per heavy atom. The molecule has 0 unspecified atom stereocenters. The van der Waals surface area contributed by atoms with E-state index in [-0.39, 0.29) is 23.6 Å². The summed E-state index contributed by atoms with van der Waals surface area (Å²) in [4.78, 5) is 39.8. The first-order valence-electron chi connectivity index (χ1n) is 12.2. The maximum atomic E-state index is 12.9. The number of carbonyl (C=O) groups excluding carboxylic acids is 3. The van der Waals surface area contributed by atoms with Crippen molar-refractivity contribution in [3.8, 4) is 0 Å². The third-order valence-electron chi connectivity index (χ3n) is 7.01. The fourth-order valence-electron chi connectivity index (χ4n) is 4.75. The van der Waals surface area contributed by atoms with E-state index in [1.54, 1.807) is 48.5 Å². The van der Waals surface area contributed by atoms with Gasteiger partial charge in [0.2, 0.25) is 5.91 Å². The summed E-state index contributed by atoms with van der Waals surface area (Å²) in [5, 5.41) is 6.64. The van der Waals surface area contributed by atoms with Crippen molar-refractivity contribution in [2.75, 3.05) is 18.4 Å². The number of nitrogens with zero attached hydrogens (tertiary/aromatic N) is 1. The molecule has 2 fully saturated rings. The zero-order chi connectivity index (χ0) is 24.1. The van der Waals surface area contributed by atoms with Gasteiger partial charge in [-0.05, 0) is 93.0 Å². The standard InChI is InChI=1S/C27H32ClN3O3/c1-18-2-10-23(11-3-18)29-26(33)20-14-16-31(17-15-20)27(34)21-6-12-24(13-7-21)30-25(32)19-4-8-22(28)9-5-19/h4-9,12-13,18,20,23H,2-3,10-11,14-17H2,1H3,(H,29,33)(H,30,32). The van der Waals surface area contributed by atoms with E-state index < -0.39 is 0 Å². The van der Waals surface area contributed by atoms with E-state index in [2.05, 4.69) is 17.6 Å². The van der Waals surface area contributed by atoms with Gasteiger partial charge in [-0.15, -0.1) is 0 Å². The Labute approximate surface area is 206 Å². The fraction of sp³-hybridized carbons (Fsp3) is 0.444. The molecule has 34 heavy (non-hydrogen) atoms. The molecule has 0 spiro atoms. The van der Waals surface area contributed by atoms with Crippen LogP contribution in [0.2, 0.25) is 5.02 Å². The summed E-state index contributed by atoms with van der Waals surface area (Å²) in [6.07, 6.45) is 5.88. The summed E-state index contributed by atoms with van der Waals surface area (Å²) in [6, 6.07) is 13.9. The van der Waals surface area contributed by atoms with Gasteiger partial charge in [0.15, 0.2) is 0 Å². The zero-order valence-electron chi connectivity index (χ0n) is 19.6. The van der Waals surface area contributed by atoms with Crippen molar-refractivity contribution in [2.45, 2.75) is 51.5 Å². The second kappa shape index (κ2) is 11.0. The number of likely N-dealkylation sites (tertiary alicyclic amines) is 1. The third kappa shape index (κ3) is 6.17. The number of carbonyl (C=O) groups is 3. The lowest BCUT2D eigenvalue weighted by Gasteiger charge is -2.33. The van der Waals surface area contributed by atoms with E-state index in [9.17, 15) is 14.4 Å². The van der Waals surface area contributed by atoms with Gasteiger partial charge in [0.25, 0.3) is 11.8 Å². The predicted molar refractivity (Wildman–Crippen MR) is 134 cm³/mol. The van der Waals surface area contributed by atoms with Crippen LogP contribution in [0.1, 0.15) is 66.2 Å². The molecule has 0 aromatic heterocycles. The van der Waals surface area contributed by atoms with Crippen LogP contribution in [-0.4, -0.2) is 41.8 Å². The van der Waals surface area contributed by atoms with Crippen molar-refractivity contribution in [1.82, 2.24) is 10.2 Å². The van der Waals surface area contributed by atoms with Crippen LogP contribution in [0.5, 0.6) is 0 Å². The SMILES string of the molecule is CC1CCC(NC(=O)C2CCN(C(=O)c3ccc(NC(=O)c4ccc(Cl)cc4)cc3)CC2)CC1. The topological polar surface area (TPSA) is 78.5 Å².